The van der Waals surface area contributed by atoms with Crippen LogP contribution in [0.4, 0.5) is 0 Å². The second-order valence-electron chi connectivity index (χ2n) is 7.61. The minimum absolute atomic E-state index is 0.142. The van der Waals surface area contributed by atoms with Gasteiger partial charge in [-0.15, -0.1) is 21.5 Å². The number of benzene rings is 1. The van der Waals surface area contributed by atoms with Crippen LogP contribution in [0.25, 0.3) is 10.8 Å². The van der Waals surface area contributed by atoms with Crippen molar-refractivity contribution in [1.29, 1.82) is 0 Å². The third kappa shape index (κ3) is 4.17. The SMILES string of the molecule is C[C@H](c1nnc(-c2cccs2)o1)[NH+](C)Cc1ccc(C(C)(C)C)cc1. The molecule has 0 saturated heterocycles. The third-order valence-corrected chi connectivity index (χ3v) is 5.44. The molecule has 0 aliphatic rings. The van der Waals surface area contributed by atoms with Gasteiger partial charge < -0.3 is 9.32 Å². The minimum Gasteiger partial charge on any atom is -0.414 e. The fourth-order valence-electron chi connectivity index (χ4n) is 2.72. The van der Waals surface area contributed by atoms with Crippen molar-refractivity contribution < 1.29 is 9.32 Å². The van der Waals surface area contributed by atoms with Gasteiger partial charge in [-0.05, 0) is 29.3 Å². The highest BCUT2D eigenvalue weighted by Crippen LogP contribution is 2.24. The Morgan fingerprint density at radius 2 is 1.84 bits per heavy atom. The second-order valence-corrected chi connectivity index (χ2v) is 8.56. The smallest absolute Gasteiger partial charge is 0.274 e. The van der Waals surface area contributed by atoms with Crippen molar-refractivity contribution in [2.45, 2.75) is 45.7 Å². The van der Waals surface area contributed by atoms with Gasteiger partial charge in [0.05, 0.1) is 11.9 Å². The normalized spacial score (nSPS) is 14.4. The summed E-state index contributed by atoms with van der Waals surface area (Å²) in [6.07, 6.45) is 0. The topological polar surface area (TPSA) is 43.4 Å². The zero-order valence-electron chi connectivity index (χ0n) is 15.5. The van der Waals surface area contributed by atoms with Crippen LogP contribution in [0.2, 0.25) is 0 Å². The number of quaternary nitrogens is 1. The number of thiophene rings is 1. The first-order valence-electron chi connectivity index (χ1n) is 8.63. The summed E-state index contributed by atoms with van der Waals surface area (Å²) in [7, 11) is 2.16. The molecule has 0 aliphatic heterocycles. The minimum atomic E-state index is 0.142. The zero-order chi connectivity index (χ0) is 18.0. The fourth-order valence-corrected chi connectivity index (χ4v) is 3.36. The van der Waals surface area contributed by atoms with Gasteiger partial charge in [-0.3, -0.25) is 0 Å². The molecule has 0 saturated carbocycles. The number of nitrogens with one attached hydrogen (secondary N) is 1. The summed E-state index contributed by atoms with van der Waals surface area (Å²) < 4.78 is 5.88. The molecule has 0 amide bonds. The molecule has 0 radical (unpaired) electrons. The van der Waals surface area contributed by atoms with Crippen molar-refractivity contribution in [3.63, 3.8) is 0 Å². The van der Waals surface area contributed by atoms with E-state index in [1.807, 2.05) is 17.5 Å². The van der Waals surface area contributed by atoms with Crippen LogP contribution in [0.1, 0.15) is 50.8 Å². The van der Waals surface area contributed by atoms with Gasteiger partial charge in [0.1, 0.15) is 6.54 Å². The van der Waals surface area contributed by atoms with E-state index in [0.29, 0.717) is 11.8 Å². The molecule has 132 valence electrons. The molecule has 0 bridgehead atoms. The van der Waals surface area contributed by atoms with E-state index in [1.54, 1.807) is 11.3 Å². The quantitative estimate of drug-likeness (QED) is 0.755. The highest BCUT2D eigenvalue weighted by atomic mass is 32.1. The molecular formula is C20H26N3OS+. The van der Waals surface area contributed by atoms with Crippen LogP contribution >= 0.6 is 11.3 Å². The Morgan fingerprint density at radius 1 is 1.12 bits per heavy atom. The molecule has 25 heavy (non-hydrogen) atoms. The van der Waals surface area contributed by atoms with Crippen LogP contribution in [0.3, 0.4) is 0 Å². The number of aromatic nitrogens is 2. The monoisotopic (exact) mass is 356 g/mol. The molecule has 3 aromatic rings. The largest absolute Gasteiger partial charge is 0.414 e. The van der Waals surface area contributed by atoms with Crippen LogP contribution in [0.5, 0.6) is 0 Å². The first-order chi connectivity index (χ1) is 11.8. The van der Waals surface area contributed by atoms with Crippen molar-refractivity contribution >= 4 is 11.3 Å². The molecule has 5 heteroatoms. The van der Waals surface area contributed by atoms with Crippen LogP contribution in [0.15, 0.2) is 46.2 Å². The van der Waals surface area contributed by atoms with E-state index in [0.717, 1.165) is 11.4 Å². The first kappa shape index (κ1) is 17.8. The van der Waals surface area contributed by atoms with Gasteiger partial charge in [0.25, 0.3) is 11.8 Å². The predicted molar refractivity (Wildman–Crippen MR) is 102 cm³/mol. The number of nitrogens with zero attached hydrogens (tertiary/aromatic N) is 2. The van der Waals surface area contributed by atoms with Crippen LogP contribution in [-0.2, 0) is 12.0 Å². The lowest BCUT2D eigenvalue weighted by Gasteiger charge is -2.21. The molecule has 0 fully saturated rings. The summed E-state index contributed by atoms with van der Waals surface area (Å²) in [6.45, 7) is 9.76. The molecule has 1 unspecified atom stereocenters. The lowest BCUT2D eigenvalue weighted by Crippen LogP contribution is -3.07. The third-order valence-electron chi connectivity index (χ3n) is 4.59. The van der Waals surface area contributed by atoms with Crippen molar-refractivity contribution in [2.75, 3.05) is 7.05 Å². The predicted octanol–water partition coefficient (Wildman–Crippen LogP) is 3.87. The van der Waals surface area contributed by atoms with Gasteiger partial charge in [-0.2, -0.15) is 0 Å². The standard InChI is InChI=1S/C20H25N3OS/c1-14(18-21-22-19(24-18)17-7-6-12-25-17)23(5)13-15-8-10-16(11-9-15)20(2,3)4/h6-12,14H,13H2,1-5H3/p+1/t14-/m1/s1. The van der Waals surface area contributed by atoms with Crippen molar-refractivity contribution in [3.05, 3.63) is 58.8 Å². The van der Waals surface area contributed by atoms with Crippen LogP contribution < -0.4 is 4.90 Å². The molecule has 3 rings (SSSR count). The van der Waals surface area contributed by atoms with E-state index in [1.165, 1.54) is 16.0 Å². The molecular weight excluding hydrogens is 330 g/mol. The summed E-state index contributed by atoms with van der Waals surface area (Å²) in [5.74, 6) is 1.30. The van der Waals surface area contributed by atoms with Crippen molar-refractivity contribution in [3.8, 4) is 10.8 Å². The van der Waals surface area contributed by atoms with Crippen molar-refractivity contribution in [2.24, 2.45) is 0 Å². The van der Waals surface area contributed by atoms with Gasteiger partial charge in [-0.1, -0.05) is 51.1 Å². The molecule has 2 aromatic heterocycles. The molecule has 0 spiro atoms. The maximum absolute atomic E-state index is 5.88. The average molecular weight is 357 g/mol. The van der Waals surface area contributed by atoms with E-state index in [-0.39, 0.29) is 11.5 Å². The average Bonchev–Trinajstić information content (AvgIpc) is 3.25. The molecule has 2 atom stereocenters. The molecule has 2 heterocycles. The fraction of sp³-hybridized carbons (Fsp3) is 0.400. The first-order valence-corrected chi connectivity index (χ1v) is 9.51. The molecule has 1 aromatic carbocycles. The molecule has 0 aliphatic carbocycles. The van der Waals surface area contributed by atoms with E-state index in [9.17, 15) is 0 Å². The number of hydrogen-bond donors (Lipinski definition) is 1. The lowest BCUT2D eigenvalue weighted by atomic mass is 9.87. The van der Waals surface area contributed by atoms with Crippen molar-refractivity contribution in [1.82, 2.24) is 10.2 Å². The highest BCUT2D eigenvalue weighted by Gasteiger charge is 2.23. The Bertz CT molecular complexity index is 800. The number of rotatable bonds is 5. The summed E-state index contributed by atoms with van der Waals surface area (Å²) in [6, 6.07) is 13.0. The Labute approximate surface area is 153 Å². The lowest BCUT2D eigenvalue weighted by molar-refractivity contribution is -0.925. The van der Waals surface area contributed by atoms with Gasteiger partial charge in [0.2, 0.25) is 0 Å². The van der Waals surface area contributed by atoms with Crippen LogP contribution in [0, 0.1) is 0 Å². The maximum Gasteiger partial charge on any atom is 0.274 e. The Hall–Kier alpha value is -1.98. The van der Waals surface area contributed by atoms with Crippen LogP contribution in [-0.4, -0.2) is 17.2 Å². The summed E-state index contributed by atoms with van der Waals surface area (Å²) in [4.78, 5) is 2.34. The van der Waals surface area contributed by atoms with Gasteiger partial charge in [0, 0.05) is 5.56 Å². The highest BCUT2D eigenvalue weighted by molar-refractivity contribution is 7.13. The summed E-state index contributed by atoms with van der Waals surface area (Å²) in [5.41, 5.74) is 2.86. The van der Waals surface area contributed by atoms with E-state index in [2.05, 4.69) is 69.2 Å². The van der Waals surface area contributed by atoms with Gasteiger partial charge >= 0.3 is 0 Å². The Kier molecular flexibility index (Phi) is 5.06. The maximum atomic E-state index is 5.88. The molecule has 1 N–H and O–H groups in total. The Balaban J connectivity index is 1.67. The van der Waals surface area contributed by atoms with Gasteiger partial charge in [-0.25, -0.2) is 0 Å². The van der Waals surface area contributed by atoms with Gasteiger partial charge in [0.15, 0.2) is 6.04 Å². The second kappa shape index (κ2) is 7.10. The van der Waals surface area contributed by atoms with E-state index >= 15 is 0 Å². The van der Waals surface area contributed by atoms with E-state index in [4.69, 9.17) is 4.42 Å². The summed E-state index contributed by atoms with van der Waals surface area (Å²) in [5, 5.41) is 10.5. The Morgan fingerprint density at radius 3 is 2.44 bits per heavy atom. The zero-order valence-corrected chi connectivity index (χ0v) is 16.4. The van der Waals surface area contributed by atoms with E-state index < -0.39 is 0 Å². The molecule has 4 nitrogen and oxygen atoms in total. The number of hydrogen-bond acceptors (Lipinski definition) is 4. The summed E-state index contributed by atoms with van der Waals surface area (Å²) >= 11 is 1.61.